The van der Waals surface area contributed by atoms with Crippen molar-refractivity contribution in [2.45, 2.75) is 34.2 Å². The Bertz CT molecular complexity index is 1020. The molecule has 5 nitrogen and oxygen atoms in total. The van der Waals surface area contributed by atoms with Gasteiger partial charge in [0, 0.05) is 10.4 Å². The molecule has 0 aliphatic heterocycles. The minimum atomic E-state index is -0.439. The van der Waals surface area contributed by atoms with E-state index >= 15 is 0 Å². The normalized spacial score (nSPS) is 11.0. The van der Waals surface area contributed by atoms with Crippen LogP contribution in [0.15, 0.2) is 29.3 Å². The first-order chi connectivity index (χ1) is 11.9. The number of nitrogens with zero attached hydrogens (tertiary/aromatic N) is 2. The van der Waals surface area contributed by atoms with Crippen molar-refractivity contribution in [2.75, 3.05) is 6.61 Å². The second kappa shape index (κ2) is 6.80. The molecule has 25 heavy (non-hydrogen) atoms. The molecule has 0 amide bonds. The third-order valence-corrected chi connectivity index (χ3v) is 5.27. The van der Waals surface area contributed by atoms with E-state index in [4.69, 9.17) is 4.74 Å². The summed E-state index contributed by atoms with van der Waals surface area (Å²) in [7, 11) is 0. The predicted molar refractivity (Wildman–Crippen MR) is 100 cm³/mol. The minimum absolute atomic E-state index is 0.128. The van der Waals surface area contributed by atoms with Gasteiger partial charge in [-0.2, -0.15) is 0 Å². The number of ether oxygens (including phenoxy) is 1. The lowest BCUT2D eigenvalue weighted by molar-refractivity contribution is -0.143. The van der Waals surface area contributed by atoms with Crippen molar-refractivity contribution in [1.82, 2.24) is 9.55 Å². The smallest absolute Gasteiger partial charge is 0.326 e. The van der Waals surface area contributed by atoms with Crippen molar-refractivity contribution in [2.24, 2.45) is 0 Å². The topological polar surface area (TPSA) is 61.2 Å². The van der Waals surface area contributed by atoms with Crippen LogP contribution >= 0.6 is 11.3 Å². The van der Waals surface area contributed by atoms with Gasteiger partial charge in [0.1, 0.15) is 11.4 Å². The molecular formula is C19H20N2O3S. The van der Waals surface area contributed by atoms with Gasteiger partial charge in [-0.3, -0.25) is 14.2 Å². The van der Waals surface area contributed by atoms with Crippen LogP contribution in [0.3, 0.4) is 0 Å². The van der Waals surface area contributed by atoms with Crippen LogP contribution in [-0.4, -0.2) is 22.1 Å². The zero-order valence-corrected chi connectivity index (χ0v) is 15.6. The molecule has 0 fully saturated rings. The lowest BCUT2D eigenvalue weighted by Gasteiger charge is -2.08. The summed E-state index contributed by atoms with van der Waals surface area (Å²) < 4.78 is 6.25. The Morgan fingerprint density at radius 2 is 2.00 bits per heavy atom. The van der Waals surface area contributed by atoms with Crippen LogP contribution in [-0.2, 0) is 16.1 Å². The first-order valence-electron chi connectivity index (χ1n) is 8.14. The van der Waals surface area contributed by atoms with Crippen molar-refractivity contribution in [3.05, 3.63) is 50.9 Å². The number of carbonyl (C=O) groups excluding carboxylic acids is 1. The average Bonchev–Trinajstić information content (AvgIpc) is 2.90. The number of aromatic nitrogens is 2. The van der Waals surface area contributed by atoms with Crippen molar-refractivity contribution in [3.8, 4) is 11.1 Å². The molecular weight excluding hydrogens is 336 g/mol. The lowest BCUT2D eigenvalue weighted by atomic mass is 9.99. The van der Waals surface area contributed by atoms with Crippen LogP contribution in [0.4, 0.5) is 0 Å². The fourth-order valence-corrected chi connectivity index (χ4v) is 3.84. The molecule has 0 atom stereocenters. The molecule has 3 aromatic rings. The minimum Gasteiger partial charge on any atom is -0.465 e. The van der Waals surface area contributed by atoms with E-state index in [0.717, 1.165) is 16.0 Å². The molecule has 0 radical (unpaired) electrons. The number of esters is 1. The third-order valence-electron chi connectivity index (χ3n) is 4.26. The van der Waals surface area contributed by atoms with Gasteiger partial charge < -0.3 is 4.74 Å². The van der Waals surface area contributed by atoms with Crippen molar-refractivity contribution >= 4 is 27.5 Å². The standard InChI is InChI=1S/C19H20N2O3S/c1-5-24-15(22)9-21-10-20-18-17(19(21)23)16(13(4)25-18)14-7-6-11(2)12(3)8-14/h6-8,10H,5,9H2,1-4H3. The lowest BCUT2D eigenvalue weighted by Crippen LogP contribution is -2.25. The molecule has 2 aromatic heterocycles. The van der Waals surface area contributed by atoms with Gasteiger partial charge in [0.05, 0.1) is 18.3 Å². The van der Waals surface area contributed by atoms with Crippen molar-refractivity contribution in [1.29, 1.82) is 0 Å². The molecule has 0 aliphatic rings. The van der Waals surface area contributed by atoms with E-state index in [2.05, 4.69) is 31.0 Å². The van der Waals surface area contributed by atoms with Gasteiger partial charge in [-0.25, -0.2) is 4.98 Å². The monoisotopic (exact) mass is 356 g/mol. The van der Waals surface area contributed by atoms with E-state index in [9.17, 15) is 9.59 Å². The molecule has 0 spiro atoms. The number of hydrogen-bond donors (Lipinski definition) is 0. The highest BCUT2D eigenvalue weighted by Gasteiger charge is 2.18. The van der Waals surface area contributed by atoms with Crippen molar-refractivity contribution < 1.29 is 9.53 Å². The summed E-state index contributed by atoms with van der Waals surface area (Å²) in [6.07, 6.45) is 1.42. The number of thiophene rings is 1. The Hall–Kier alpha value is -2.47. The van der Waals surface area contributed by atoms with E-state index in [0.29, 0.717) is 10.2 Å². The number of carbonyl (C=O) groups is 1. The summed E-state index contributed by atoms with van der Waals surface area (Å²) in [6.45, 7) is 8.01. The molecule has 0 saturated heterocycles. The third kappa shape index (κ3) is 3.22. The van der Waals surface area contributed by atoms with Crippen LogP contribution in [0.2, 0.25) is 0 Å². The summed E-state index contributed by atoms with van der Waals surface area (Å²) in [6, 6.07) is 6.17. The molecule has 0 aliphatic carbocycles. The first-order valence-corrected chi connectivity index (χ1v) is 8.95. The summed E-state index contributed by atoms with van der Waals surface area (Å²) in [5.74, 6) is -0.439. The predicted octanol–water partition coefficient (Wildman–Crippen LogP) is 3.61. The van der Waals surface area contributed by atoms with Crippen LogP contribution in [0.5, 0.6) is 0 Å². The van der Waals surface area contributed by atoms with E-state index in [1.54, 1.807) is 6.92 Å². The maximum atomic E-state index is 12.9. The van der Waals surface area contributed by atoms with Gasteiger partial charge in [0.15, 0.2) is 0 Å². The molecule has 130 valence electrons. The molecule has 0 bridgehead atoms. The van der Waals surface area contributed by atoms with E-state index in [1.165, 1.54) is 33.4 Å². The maximum Gasteiger partial charge on any atom is 0.326 e. The Kier molecular flexibility index (Phi) is 4.72. The molecule has 0 N–H and O–H groups in total. The van der Waals surface area contributed by atoms with Crippen LogP contribution < -0.4 is 5.56 Å². The Morgan fingerprint density at radius 3 is 2.68 bits per heavy atom. The molecule has 2 heterocycles. The summed E-state index contributed by atoms with van der Waals surface area (Å²) in [4.78, 5) is 30.8. The van der Waals surface area contributed by atoms with Gasteiger partial charge in [-0.1, -0.05) is 18.2 Å². The zero-order valence-electron chi connectivity index (χ0n) is 14.8. The van der Waals surface area contributed by atoms with Gasteiger partial charge in [-0.15, -0.1) is 11.3 Å². The Balaban J connectivity index is 2.19. The highest BCUT2D eigenvalue weighted by molar-refractivity contribution is 7.19. The highest BCUT2D eigenvalue weighted by Crippen LogP contribution is 2.36. The summed E-state index contributed by atoms with van der Waals surface area (Å²) >= 11 is 1.50. The van der Waals surface area contributed by atoms with Gasteiger partial charge in [0.25, 0.3) is 5.56 Å². The second-order valence-corrected chi connectivity index (χ2v) is 7.20. The zero-order chi connectivity index (χ0) is 18.1. The molecule has 1 aromatic carbocycles. The second-order valence-electron chi connectivity index (χ2n) is 6.00. The molecule has 3 rings (SSSR count). The largest absolute Gasteiger partial charge is 0.465 e. The number of aryl methyl sites for hydroxylation is 3. The molecule has 6 heteroatoms. The highest BCUT2D eigenvalue weighted by atomic mass is 32.1. The first kappa shape index (κ1) is 17.4. The molecule has 0 unspecified atom stereocenters. The van der Waals surface area contributed by atoms with Crippen LogP contribution in [0.25, 0.3) is 21.3 Å². The summed E-state index contributed by atoms with van der Waals surface area (Å²) in [5, 5.41) is 0.567. The number of fused-ring (bicyclic) bond motifs is 1. The van der Waals surface area contributed by atoms with E-state index < -0.39 is 5.97 Å². The molecule has 0 saturated carbocycles. The quantitative estimate of drug-likeness (QED) is 0.670. The fourth-order valence-electron chi connectivity index (χ4n) is 2.84. The maximum absolute atomic E-state index is 12.9. The van der Waals surface area contributed by atoms with Crippen LogP contribution in [0.1, 0.15) is 22.9 Å². The Morgan fingerprint density at radius 1 is 1.24 bits per heavy atom. The van der Waals surface area contributed by atoms with Gasteiger partial charge >= 0.3 is 5.97 Å². The number of benzene rings is 1. The van der Waals surface area contributed by atoms with Crippen molar-refractivity contribution in [3.63, 3.8) is 0 Å². The fraction of sp³-hybridized carbons (Fsp3) is 0.316. The van der Waals surface area contributed by atoms with E-state index in [-0.39, 0.29) is 18.7 Å². The average molecular weight is 356 g/mol. The number of hydrogen-bond acceptors (Lipinski definition) is 5. The van der Waals surface area contributed by atoms with E-state index in [1.807, 2.05) is 13.0 Å². The van der Waals surface area contributed by atoms with Crippen LogP contribution in [0, 0.1) is 20.8 Å². The SMILES string of the molecule is CCOC(=O)Cn1cnc2sc(C)c(-c3ccc(C)c(C)c3)c2c1=O. The van der Waals surface area contributed by atoms with Gasteiger partial charge in [-0.05, 0) is 44.4 Å². The number of rotatable bonds is 4. The Labute approximate surface area is 149 Å². The summed E-state index contributed by atoms with van der Waals surface area (Å²) in [5.41, 5.74) is 4.07. The van der Waals surface area contributed by atoms with Gasteiger partial charge in [0.2, 0.25) is 0 Å².